The van der Waals surface area contributed by atoms with Gasteiger partial charge in [0.2, 0.25) is 0 Å². The lowest BCUT2D eigenvalue weighted by Crippen LogP contribution is -2.64. The summed E-state index contributed by atoms with van der Waals surface area (Å²) in [7, 11) is 0. The van der Waals surface area contributed by atoms with Gasteiger partial charge >= 0.3 is 0 Å². The average Bonchev–Trinajstić information content (AvgIpc) is 2.36. The molecule has 1 N–H and O–H groups in total. The third-order valence-electron chi connectivity index (χ3n) is 5.20. The number of hydrogen-bond donors (Lipinski definition) is 1. The van der Waals surface area contributed by atoms with Crippen molar-refractivity contribution in [2.75, 3.05) is 13.2 Å². The summed E-state index contributed by atoms with van der Waals surface area (Å²) in [5.74, 6) is 0. The summed E-state index contributed by atoms with van der Waals surface area (Å²) in [6.45, 7) is 11.2. The highest BCUT2D eigenvalue weighted by atomic mass is 16.5. The predicted molar refractivity (Wildman–Crippen MR) is 81.4 cm³/mol. The number of rotatable bonds is 5. The highest BCUT2D eigenvalue weighted by Gasteiger charge is 2.55. The summed E-state index contributed by atoms with van der Waals surface area (Å²) in [5, 5.41) is 3.84. The smallest absolute Gasteiger partial charge is 0.0661 e. The van der Waals surface area contributed by atoms with E-state index in [4.69, 9.17) is 4.74 Å². The molecule has 2 nitrogen and oxygen atoms in total. The number of nitrogens with one attached hydrogen (secondary N) is 1. The largest absolute Gasteiger partial charge is 0.378 e. The minimum Gasteiger partial charge on any atom is -0.378 e. The molecule has 0 aromatic carbocycles. The van der Waals surface area contributed by atoms with Crippen molar-refractivity contribution >= 4 is 0 Å². The van der Waals surface area contributed by atoms with Gasteiger partial charge < -0.3 is 10.1 Å². The summed E-state index contributed by atoms with van der Waals surface area (Å²) in [6.07, 6.45) is 10.0. The SMILES string of the molecule is CCOC1CC(NCCC(C)(C)C)C12CCCCC2. The summed E-state index contributed by atoms with van der Waals surface area (Å²) >= 11 is 0. The molecular formula is C17H33NO. The fourth-order valence-corrected chi connectivity index (χ4v) is 3.97. The zero-order chi connectivity index (χ0) is 13.9. The standard InChI is InChI=1S/C17H33NO/c1-5-19-15-13-14(18-12-11-16(2,3)4)17(15)9-7-6-8-10-17/h14-15,18H,5-13H2,1-4H3. The normalized spacial score (nSPS) is 30.3. The molecule has 0 aromatic heterocycles. The minimum atomic E-state index is 0.440. The minimum absolute atomic E-state index is 0.440. The van der Waals surface area contributed by atoms with Gasteiger partial charge in [0.25, 0.3) is 0 Å². The molecule has 2 saturated carbocycles. The molecule has 1 spiro atoms. The Hall–Kier alpha value is -0.0800. The van der Waals surface area contributed by atoms with Gasteiger partial charge in [-0.1, -0.05) is 40.0 Å². The van der Waals surface area contributed by atoms with Crippen molar-refractivity contribution in [3.8, 4) is 0 Å². The maximum absolute atomic E-state index is 6.01. The molecule has 0 bridgehead atoms. The number of hydrogen-bond acceptors (Lipinski definition) is 2. The fourth-order valence-electron chi connectivity index (χ4n) is 3.97. The third kappa shape index (κ3) is 3.52. The van der Waals surface area contributed by atoms with Crippen molar-refractivity contribution < 1.29 is 4.74 Å². The van der Waals surface area contributed by atoms with Crippen LogP contribution in [0.1, 0.15) is 72.6 Å². The van der Waals surface area contributed by atoms with Crippen LogP contribution in [-0.2, 0) is 4.74 Å². The molecule has 2 atom stereocenters. The van der Waals surface area contributed by atoms with E-state index in [0.717, 1.165) is 13.2 Å². The molecule has 2 rings (SSSR count). The van der Waals surface area contributed by atoms with Crippen LogP contribution in [-0.4, -0.2) is 25.3 Å². The molecule has 2 heteroatoms. The molecule has 0 saturated heterocycles. The molecule has 112 valence electrons. The summed E-state index contributed by atoms with van der Waals surface area (Å²) in [4.78, 5) is 0. The van der Waals surface area contributed by atoms with Gasteiger partial charge in [-0.3, -0.25) is 0 Å². The molecule has 0 radical (unpaired) electrons. The summed E-state index contributed by atoms with van der Waals surface area (Å²) < 4.78 is 6.01. The Balaban J connectivity index is 1.86. The molecule has 2 aliphatic carbocycles. The molecule has 0 aliphatic heterocycles. The van der Waals surface area contributed by atoms with Gasteiger partial charge in [-0.15, -0.1) is 0 Å². The van der Waals surface area contributed by atoms with Crippen molar-refractivity contribution in [1.29, 1.82) is 0 Å². The topological polar surface area (TPSA) is 21.3 Å². The van der Waals surface area contributed by atoms with E-state index in [1.165, 1.54) is 44.9 Å². The third-order valence-corrected chi connectivity index (χ3v) is 5.20. The second-order valence-electron chi connectivity index (χ2n) is 7.79. The van der Waals surface area contributed by atoms with Crippen LogP contribution in [0.4, 0.5) is 0 Å². The maximum Gasteiger partial charge on any atom is 0.0661 e. The fraction of sp³-hybridized carbons (Fsp3) is 1.00. The van der Waals surface area contributed by atoms with E-state index in [2.05, 4.69) is 33.0 Å². The van der Waals surface area contributed by atoms with Crippen LogP contribution in [0.2, 0.25) is 0 Å². The Morgan fingerprint density at radius 3 is 2.42 bits per heavy atom. The quantitative estimate of drug-likeness (QED) is 0.808. The molecule has 2 aliphatic rings. The van der Waals surface area contributed by atoms with Crippen LogP contribution in [0.15, 0.2) is 0 Å². The molecule has 0 aromatic rings. The Bertz CT molecular complexity index is 275. The maximum atomic E-state index is 6.01. The average molecular weight is 267 g/mol. The first-order valence-electron chi connectivity index (χ1n) is 8.33. The molecule has 2 unspecified atom stereocenters. The first kappa shape index (κ1) is 15.3. The van der Waals surface area contributed by atoms with Gasteiger partial charge in [-0.25, -0.2) is 0 Å². The van der Waals surface area contributed by atoms with Gasteiger partial charge in [0.15, 0.2) is 0 Å². The Morgan fingerprint density at radius 2 is 1.84 bits per heavy atom. The van der Waals surface area contributed by atoms with Crippen LogP contribution in [0.25, 0.3) is 0 Å². The Morgan fingerprint density at radius 1 is 1.16 bits per heavy atom. The van der Waals surface area contributed by atoms with Gasteiger partial charge in [0.1, 0.15) is 0 Å². The van der Waals surface area contributed by atoms with Crippen molar-refractivity contribution in [2.45, 2.75) is 84.8 Å². The second kappa shape index (κ2) is 6.13. The van der Waals surface area contributed by atoms with E-state index in [1.54, 1.807) is 0 Å². The highest BCUT2D eigenvalue weighted by Crippen LogP contribution is 2.53. The lowest BCUT2D eigenvalue weighted by molar-refractivity contribution is -0.150. The zero-order valence-electron chi connectivity index (χ0n) is 13.4. The van der Waals surface area contributed by atoms with Crippen LogP contribution in [0.3, 0.4) is 0 Å². The van der Waals surface area contributed by atoms with E-state index in [0.29, 0.717) is 23.0 Å². The lowest BCUT2D eigenvalue weighted by Gasteiger charge is -2.58. The lowest BCUT2D eigenvalue weighted by atomic mass is 9.55. The number of ether oxygens (including phenoxy) is 1. The molecule has 2 fully saturated rings. The van der Waals surface area contributed by atoms with E-state index in [-0.39, 0.29) is 0 Å². The molecule has 0 heterocycles. The Labute approximate surface area is 119 Å². The first-order chi connectivity index (χ1) is 8.98. The Kier molecular flexibility index (Phi) is 4.94. The van der Waals surface area contributed by atoms with Gasteiger partial charge in [0.05, 0.1) is 6.10 Å². The molecular weight excluding hydrogens is 234 g/mol. The van der Waals surface area contributed by atoms with Crippen LogP contribution < -0.4 is 5.32 Å². The van der Waals surface area contributed by atoms with Crippen molar-refractivity contribution in [3.05, 3.63) is 0 Å². The molecule has 0 amide bonds. The van der Waals surface area contributed by atoms with Crippen LogP contribution in [0.5, 0.6) is 0 Å². The zero-order valence-corrected chi connectivity index (χ0v) is 13.4. The van der Waals surface area contributed by atoms with Gasteiger partial charge in [0, 0.05) is 18.1 Å². The second-order valence-corrected chi connectivity index (χ2v) is 7.79. The van der Waals surface area contributed by atoms with Crippen LogP contribution >= 0.6 is 0 Å². The van der Waals surface area contributed by atoms with Gasteiger partial charge in [-0.05, 0) is 44.6 Å². The van der Waals surface area contributed by atoms with Crippen molar-refractivity contribution in [2.24, 2.45) is 10.8 Å². The van der Waals surface area contributed by atoms with Crippen LogP contribution in [0, 0.1) is 10.8 Å². The van der Waals surface area contributed by atoms with Crippen molar-refractivity contribution in [1.82, 2.24) is 5.32 Å². The summed E-state index contributed by atoms with van der Waals surface area (Å²) in [5.41, 5.74) is 0.919. The van der Waals surface area contributed by atoms with E-state index >= 15 is 0 Å². The predicted octanol–water partition coefficient (Wildman–Crippen LogP) is 4.14. The van der Waals surface area contributed by atoms with E-state index < -0.39 is 0 Å². The van der Waals surface area contributed by atoms with Gasteiger partial charge in [-0.2, -0.15) is 0 Å². The van der Waals surface area contributed by atoms with Crippen molar-refractivity contribution in [3.63, 3.8) is 0 Å². The van der Waals surface area contributed by atoms with E-state index in [1.807, 2.05) is 0 Å². The van der Waals surface area contributed by atoms with E-state index in [9.17, 15) is 0 Å². The first-order valence-corrected chi connectivity index (χ1v) is 8.33. The monoisotopic (exact) mass is 267 g/mol. The summed E-state index contributed by atoms with van der Waals surface area (Å²) in [6, 6.07) is 0.715. The molecule has 19 heavy (non-hydrogen) atoms. The highest BCUT2D eigenvalue weighted by molar-refractivity contribution is 5.08.